The predicted molar refractivity (Wildman–Crippen MR) is 60.7 cm³/mol. The molecule has 3 heteroatoms. The highest BCUT2D eigenvalue weighted by molar-refractivity contribution is 5.23. The van der Waals surface area contributed by atoms with Gasteiger partial charge in [-0.05, 0) is 19.1 Å². The van der Waals surface area contributed by atoms with Crippen molar-refractivity contribution in [3.63, 3.8) is 0 Å². The van der Waals surface area contributed by atoms with Gasteiger partial charge in [-0.25, -0.2) is 0 Å². The molecule has 0 aliphatic carbocycles. The average Bonchev–Trinajstić information content (AvgIpc) is 2.26. The first kappa shape index (κ1) is 10.9. The summed E-state index contributed by atoms with van der Waals surface area (Å²) in [5.74, 6) is 0. The Balaban J connectivity index is 2.44. The molecule has 0 spiro atoms. The Morgan fingerprint density at radius 2 is 2.00 bits per heavy atom. The van der Waals surface area contributed by atoms with Gasteiger partial charge in [0.05, 0.1) is 0 Å². The van der Waals surface area contributed by atoms with Crippen molar-refractivity contribution in [1.29, 1.82) is 0 Å². The van der Waals surface area contributed by atoms with Crippen LogP contribution in [0.4, 0.5) is 0 Å². The van der Waals surface area contributed by atoms with Crippen LogP contribution in [0.1, 0.15) is 6.92 Å². The van der Waals surface area contributed by atoms with Crippen LogP contribution in [0.2, 0.25) is 0 Å². The molecule has 0 unspecified atom stereocenters. The Morgan fingerprint density at radius 3 is 2.57 bits per heavy atom. The maximum atomic E-state index is 5.65. The van der Waals surface area contributed by atoms with Crippen LogP contribution in [-0.2, 0) is 0 Å². The van der Waals surface area contributed by atoms with E-state index >= 15 is 0 Å². The third-order valence-corrected chi connectivity index (χ3v) is 2.32. The molecule has 3 N–H and O–H groups in total. The fraction of sp³-hybridized carbons (Fsp3) is 0.455. The highest BCUT2D eigenvalue weighted by atomic mass is 15.2. The number of hydrogen-bond donors (Lipinski definition) is 2. The summed E-state index contributed by atoms with van der Waals surface area (Å²) >= 11 is 0. The van der Waals surface area contributed by atoms with Gasteiger partial charge in [-0.2, -0.15) is 0 Å². The first-order valence-electron chi connectivity index (χ1n) is 4.98. The number of nitrogens with zero attached hydrogens (tertiary/aromatic N) is 1. The van der Waals surface area contributed by atoms with Gasteiger partial charge < -0.3 is 16.0 Å². The summed E-state index contributed by atoms with van der Waals surface area (Å²) in [5, 5.41) is 3.30. The summed E-state index contributed by atoms with van der Waals surface area (Å²) in [6.07, 6.45) is 5.74. The molecule has 1 rings (SSSR count). The van der Waals surface area contributed by atoms with Crippen molar-refractivity contribution in [2.75, 3.05) is 26.2 Å². The second-order valence-corrected chi connectivity index (χ2v) is 3.35. The Hall–Kier alpha value is -1.22. The molecule has 0 aromatic heterocycles. The minimum absolute atomic E-state index is 0.779. The van der Waals surface area contributed by atoms with E-state index in [0.717, 1.165) is 37.6 Å². The fourth-order valence-electron chi connectivity index (χ4n) is 1.35. The van der Waals surface area contributed by atoms with Crippen molar-refractivity contribution in [3.8, 4) is 0 Å². The fourth-order valence-corrected chi connectivity index (χ4v) is 1.35. The lowest BCUT2D eigenvalue weighted by molar-refractivity contribution is 0.308. The van der Waals surface area contributed by atoms with Gasteiger partial charge in [0.2, 0.25) is 0 Å². The van der Waals surface area contributed by atoms with Crippen LogP contribution in [0.5, 0.6) is 0 Å². The molecule has 1 aliphatic rings. The van der Waals surface area contributed by atoms with Gasteiger partial charge in [-0.1, -0.05) is 12.7 Å². The molecule has 0 atom stereocenters. The molecule has 0 amide bonds. The monoisotopic (exact) mass is 193 g/mol. The van der Waals surface area contributed by atoms with Gasteiger partial charge >= 0.3 is 0 Å². The molecule has 0 bridgehead atoms. The summed E-state index contributed by atoms with van der Waals surface area (Å²) in [7, 11) is 0. The normalized spacial score (nSPS) is 18.9. The molecule has 1 aliphatic heterocycles. The molecule has 78 valence electrons. The highest BCUT2D eigenvalue weighted by Crippen LogP contribution is 2.05. The van der Waals surface area contributed by atoms with Crippen LogP contribution in [0.3, 0.4) is 0 Å². The first-order valence-corrected chi connectivity index (χ1v) is 4.98. The van der Waals surface area contributed by atoms with Crippen LogP contribution in [0.15, 0.2) is 36.2 Å². The Morgan fingerprint density at radius 1 is 1.36 bits per heavy atom. The van der Waals surface area contributed by atoms with Gasteiger partial charge in [0, 0.05) is 37.6 Å². The van der Waals surface area contributed by atoms with Gasteiger partial charge in [0.1, 0.15) is 0 Å². The van der Waals surface area contributed by atoms with Crippen LogP contribution in [0, 0.1) is 0 Å². The van der Waals surface area contributed by atoms with Crippen molar-refractivity contribution >= 4 is 0 Å². The number of piperazine rings is 1. The molecule has 14 heavy (non-hydrogen) atoms. The van der Waals surface area contributed by atoms with E-state index in [9.17, 15) is 0 Å². The van der Waals surface area contributed by atoms with Gasteiger partial charge in [-0.15, -0.1) is 0 Å². The number of hydrogen-bond acceptors (Lipinski definition) is 3. The van der Waals surface area contributed by atoms with Crippen molar-refractivity contribution in [2.24, 2.45) is 5.73 Å². The molecule has 0 aromatic carbocycles. The summed E-state index contributed by atoms with van der Waals surface area (Å²) in [4.78, 5) is 2.26. The van der Waals surface area contributed by atoms with Crippen molar-refractivity contribution in [2.45, 2.75) is 6.92 Å². The zero-order valence-corrected chi connectivity index (χ0v) is 8.79. The topological polar surface area (TPSA) is 41.3 Å². The minimum atomic E-state index is 0.779. The second kappa shape index (κ2) is 5.50. The highest BCUT2D eigenvalue weighted by Gasteiger charge is 2.08. The average molecular weight is 193 g/mol. The van der Waals surface area contributed by atoms with Crippen molar-refractivity contribution in [1.82, 2.24) is 10.2 Å². The van der Waals surface area contributed by atoms with Gasteiger partial charge in [0.15, 0.2) is 0 Å². The maximum absolute atomic E-state index is 5.65. The third-order valence-electron chi connectivity index (χ3n) is 2.32. The maximum Gasteiger partial charge on any atom is 0.0303 e. The molecule has 1 heterocycles. The quantitative estimate of drug-likeness (QED) is 0.652. The van der Waals surface area contributed by atoms with E-state index in [-0.39, 0.29) is 0 Å². The lowest BCUT2D eigenvalue weighted by atomic mass is 10.3. The molecular formula is C11H19N3. The largest absolute Gasteiger partial charge is 0.399 e. The Kier molecular flexibility index (Phi) is 4.26. The lowest BCUT2D eigenvalue weighted by Crippen LogP contribution is -2.42. The van der Waals surface area contributed by atoms with E-state index in [1.807, 2.05) is 25.2 Å². The number of allylic oxidation sites excluding steroid dienone is 3. The number of rotatable bonds is 3. The SMILES string of the molecule is C=C(/C=C\C(N)=C/C)N1CCNCC1. The molecule has 1 fully saturated rings. The standard InChI is InChI=1S/C11H19N3/c1-3-11(12)5-4-10(2)14-8-6-13-7-9-14/h3-5,13H,2,6-9,12H2,1H3/b5-4-,11-3+. The van der Waals surface area contributed by atoms with E-state index in [1.54, 1.807) is 0 Å². The summed E-state index contributed by atoms with van der Waals surface area (Å²) in [5.41, 5.74) is 7.47. The molecule has 0 aromatic rings. The van der Waals surface area contributed by atoms with Crippen LogP contribution < -0.4 is 11.1 Å². The lowest BCUT2D eigenvalue weighted by Gasteiger charge is -2.29. The third kappa shape index (κ3) is 3.26. The summed E-state index contributed by atoms with van der Waals surface area (Å²) in [6, 6.07) is 0. The van der Waals surface area contributed by atoms with Gasteiger partial charge in [-0.3, -0.25) is 0 Å². The van der Waals surface area contributed by atoms with E-state index in [2.05, 4.69) is 16.8 Å². The minimum Gasteiger partial charge on any atom is -0.399 e. The van der Waals surface area contributed by atoms with Crippen molar-refractivity contribution < 1.29 is 0 Å². The zero-order valence-electron chi connectivity index (χ0n) is 8.79. The first-order chi connectivity index (χ1) is 6.74. The summed E-state index contributed by atoms with van der Waals surface area (Å²) < 4.78 is 0. The van der Waals surface area contributed by atoms with E-state index < -0.39 is 0 Å². The summed E-state index contributed by atoms with van der Waals surface area (Å²) in [6.45, 7) is 10.1. The van der Waals surface area contributed by atoms with E-state index in [4.69, 9.17) is 5.73 Å². The van der Waals surface area contributed by atoms with Crippen LogP contribution in [-0.4, -0.2) is 31.1 Å². The molecule has 3 nitrogen and oxygen atoms in total. The van der Waals surface area contributed by atoms with E-state index in [0.29, 0.717) is 0 Å². The Bertz CT molecular complexity index is 247. The molecule has 0 radical (unpaired) electrons. The zero-order chi connectivity index (χ0) is 10.4. The molecular weight excluding hydrogens is 174 g/mol. The Labute approximate surface area is 86.0 Å². The number of nitrogens with two attached hydrogens (primary N) is 1. The molecule has 1 saturated heterocycles. The number of nitrogens with one attached hydrogen (secondary N) is 1. The predicted octanol–water partition coefficient (Wildman–Crippen LogP) is 0.824. The van der Waals surface area contributed by atoms with Crippen LogP contribution in [0.25, 0.3) is 0 Å². The molecule has 0 saturated carbocycles. The van der Waals surface area contributed by atoms with Gasteiger partial charge in [0.25, 0.3) is 0 Å². The smallest absolute Gasteiger partial charge is 0.0303 e. The van der Waals surface area contributed by atoms with Crippen LogP contribution >= 0.6 is 0 Å². The van der Waals surface area contributed by atoms with E-state index in [1.165, 1.54) is 0 Å². The second-order valence-electron chi connectivity index (χ2n) is 3.35. The van der Waals surface area contributed by atoms with Crippen molar-refractivity contribution in [3.05, 3.63) is 36.2 Å².